The molecule has 2 aliphatic rings. The normalized spacial score (nSPS) is 20.3. The minimum atomic E-state index is -3.83. The molecule has 1 aromatic carbocycles. The number of amides is 1. The number of carbonyl (C=O) groups excluding carboxylic acids is 1. The average Bonchev–Trinajstić information content (AvgIpc) is 3.22. The molecule has 0 bridgehead atoms. The van der Waals surface area contributed by atoms with Gasteiger partial charge >= 0.3 is 0 Å². The molecule has 0 radical (unpaired) electrons. The van der Waals surface area contributed by atoms with E-state index >= 15 is 0 Å². The second kappa shape index (κ2) is 10.3. The molecule has 4 aromatic rings. The standard InChI is InChI=1S/C29H33ClN8O4S/c1-14-9-17(16(3)31-21-7-8-23(30)32-26(21)27(39)35-43(6,41)42)25-18(10-14)28(40)36(4)29(33-25)38-12-19-20(13-38)24(19)22-11-15(2)37(5)34-22/h7-11,16,19-20,24,31H,12-13H2,1-6H3,(H,35,39)/t16-,19-,20+,24?/m1/s1. The molecule has 6 rings (SSSR count). The van der Waals surface area contributed by atoms with Crippen LogP contribution in [0.1, 0.15) is 51.9 Å². The lowest BCUT2D eigenvalue weighted by molar-refractivity contribution is 0.0977. The highest BCUT2D eigenvalue weighted by atomic mass is 35.5. The number of pyridine rings is 1. The van der Waals surface area contributed by atoms with Crippen LogP contribution in [-0.4, -0.2) is 58.0 Å². The molecule has 3 aromatic heterocycles. The van der Waals surface area contributed by atoms with Gasteiger partial charge in [0.15, 0.2) is 5.69 Å². The summed E-state index contributed by atoms with van der Waals surface area (Å²) in [6, 6.07) is 8.58. The fourth-order valence-electron chi connectivity index (χ4n) is 6.29. The summed E-state index contributed by atoms with van der Waals surface area (Å²) >= 11 is 6.04. The number of aromatic nitrogens is 5. The van der Waals surface area contributed by atoms with E-state index in [1.165, 1.54) is 6.07 Å². The molecule has 2 N–H and O–H groups in total. The number of nitrogens with one attached hydrogen (secondary N) is 2. The summed E-state index contributed by atoms with van der Waals surface area (Å²) in [5.74, 6) is 1.06. The Morgan fingerprint density at radius 3 is 2.42 bits per heavy atom. The van der Waals surface area contributed by atoms with Crippen LogP contribution in [0.25, 0.3) is 10.9 Å². The highest BCUT2D eigenvalue weighted by Gasteiger charge is 2.58. The lowest BCUT2D eigenvalue weighted by Gasteiger charge is -2.25. The van der Waals surface area contributed by atoms with Crippen molar-refractivity contribution >= 4 is 50.1 Å². The lowest BCUT2D eigenvalue weighted by Crippen LogP contribution is -2.32. The van der Waals surface area contributed by atoms with Gasteiger partial charge in [0.1, 0.15) is 5.15 Å². The molecule has 226 valence electrons. The molecule has 1 saturated heterocycles. The van der Waals surface area contributed by atoms with Crippen molar-refractivity contribution in [3.63, 3.8) is 0 Å². The summed E-state index contributed by atoms with van der Waals surface area (Å²) < 4.78 is 28.9. The summed E-state index contributed by atoms with van der Waals surface area (Å²) in [6.07, 6.45) is 0.886. The van der Waals surface area contributed by atoms with Crippen LogP contribution in [0.4, 0.5) is 11.6 Å². The summed E-state index contributed by atoms with van der Waals surface area (Å²) in [4.78, 5) is 37.7. The predicted molar refractivity (Wildman–Crippen MR) is 165 cm³/mol. The van der Waals surface area contributed by atoms with E-state index in [2.05, 4.69) is 28.2 Å². The Hall–Kier alpha value is -3.97. The molecule has 1 aliphatic carbocycles. The Balaban J connectivity index is 1.32. The van der Waals surface area contributed by atoms with Gasteiger partial charge < -0.3 is 10.2 Å². The van der Waals surface area contributed by atoms with Gasteiger partial charge in [-0.25, -0.2) is 23.1 Å². The number of hydrogen-bond acceptors (Lipinski definition) is 9. The monoisotopic (exact) mass is 624 g/mol. The Labute approximate surface area is 254 Å². The van der Waals surface area contributed by atoms with Crippen LogP contribution in [-0.2, 0) is 24.1 Å². The number of carbonyl (C=O) groups is 1. The second-order valence-electron chi connectivity index (χ2n) is 11.7. The number of sulfonamides is 1. The number of fused-ring (bicyclic) bond motifs is 2. The Morgan fingerprint density at radius 2 is 1.79 bits per heavy atom. The maximum absolute atomic E-state index is 13.7. The predicted octanol–water partition coefficient (Wildman–Crippen LogP) is 3.04. The van der Waals surface area contributed by atoms with Gasteiger partial charge in [0.2, 0.25) is 16.0 Å². The Kier molecular flexibility index (Phi) is 7.00. The van der Waals surface area contributed by atoms with Crippen LogP contribution in [0.15, 0.2) is 35.1 Å². The van der Waals surface area contributed by atoms with E-state index in [9.17, 15) is 18.0 Å². The molecule has 12 nitrogen and oxygen atoms in total. The van der Waals surface area contributed by atoms with Gasteiger partial charge in [-0.15, -0.1) is 0 Å². The second-order valence-corrected chi connectivity index (χ2v) is 13.9. The lowest BCUT2D eigenvalue weighted by atomic mass is 10.0. The summed E-state index contributed by atoms with van der Waals surface area (Å²) in [5.41, 5.74) is 4.44. The van der Waals surface area contributed by atoms with E-state index < -0.39 is 22.0 Å². The van der Waals surface area contributed by atoms with Crippen LogP contribution >= 0.6 is 11.6 Å². The molecule has 2 fully saturated rings. The zero-order chi connectivity index (χ0) is 31.0. The quantitative estimate of drug-likeness (QED) is 0.296. The first kappa shape index (κ1) is 29.1. The van der Waals surface area contributed by atoms with E-state index in [-0.39, 0.29) is 22.1 Å². The van der Waals surface area contributed by atoms with Crippen LogP contribution in [0, 0.1) is 25.7 Å². The van der Waals surface area contributed by atoms with Gasteiger partial charge in [-0.05, 0) is 62.4 Å². The first-order valence-corrected chi connectivity index (χ1v) is 16.2. The van der Waals surface area contributed by atoms with Crippen molar-refractivity contribution in [1.82, 2.24) is 29.0 Å². The molecule has 4 heterocycles. The average molecular weight is 625 g/mol. The summed E-state index contributed by atoms with van der Waals surface area (Å²) in [7, 11) is -0.112. The number of benzene rings is 1. The van der Waals surface area contributed by atoms with Crippen molar-refractivity contribution in [2.75, 3.05) is 29.6 Å². The maximum atomic E-state index is 13.7. The number of nitrogens with zero attached hydrogens (tertiary/aromatic N) is 6. The van der Waals surface area contributed by atoms with E-state index in [0.29, 0.717) is 34.6 Å². The number of anilines is 2. The molecule has 4 atom stereocenters. The van der Waals surface area contributed by atoms with Crippen LogP contribution < -0.4 is 20.5 Å². The third kappa shape index (κ3) is 5.35. The topological polar surface area (TPSA) is 144 Å². The highest BCUT2D eigenvalue weighted by molar-refractivity contribution is 7.89. The van der Waals surface area contributed by atoms with Gasteiger partial charge in [-0.2, -0.15) is 5.10 Å². The fraction of sp³-hybridized carbons (Fsp3) is 0.414. The van der Waals surface area contributed by atoms with E-state index in [1.807, 2.05) is 42.4 Å². The minimum Gasteiger partial charge on any atom is -0.377 e. The van der Waals surface area contributed by atoms with E-state index in [0.717, 1.165) is 41.9 Å². The Morgan fingerprint density at radius 1 is 1.09 bits per heavy atom. The van der Waals surface area contributed by atoms with Crippen molar-refractivity contribution in [1.29, 1.82) is 0 Å². The number of piperidine rings is 1. The number of aryl methyl sites for hydroxylation is 3. The zero-order valence-electron chi connectivity index (χ0n) is 24.7. The van der Waals surface area contributed by atoms with Gasteiger partial charge in [0.25, 0.3) is 11.5 Å². The first-order chi connectivity index (χ1) is 20.2. The largest absolute Gasteiger partial charge is 0.377 e. The molecule has 14 heteroatoms. The Bertz CT molecular complexity index is 1940. The molecule has 1 unspecified atom stereocenters. The molecule has 1 amide bonds. The third-order valence-electron chi connectivity index (χ3n) is 8.47. The van der Waals surface area contributed by atoms with Gasteiger partial charge in [-0.3, -0.25) is 18.8 Å². The van der Waals surface area contributed by atoms with Crippen molar-refractivity contribution in [2.45, 2.75) is 32.7 Å². The molecular weight excluding hydrogens is 592 g/mol. The smallest absolute Gasteiger partial charge is 0.285 e. The molecule has 43 heavy (non-hydrogen) atoms. The molecule has 1 aliphatic heterocycles. The fourth-order valence-corrected chi connectivity index (χ4v) is 6.87. The van der Waals surface area contributed by atoms with E-state index in [4.69, 9.17) is 21.7 Å². The summed E-state index contributed by atoms with van der Waals surface area (Å²) in [6.45, 7) is 7.43. The first-order valence-electron chi connectivity index (χ1n) is 13.9. The van der Waals surface area contributed by atoms with Crippen LogP contribution in [0.3, 0.4) is 0 Å². The van der Waals surface area contributed by atoms with Crippen LogP contribution in [0.5, 0.6) is 0 Å². The molecular formula is C29H33ClN8O4S. The number of halogens is 1. The van der Waals surface area contributed by atoms with E-state index in [1.54, 1.807) is 17.7 Å². The molecule has 0 spiro atoms. The SMILES string of the molecule is Cc1cc([C@@H](C)Nc2ccc(Cl)nc2C(=O)NS(C)(=O)=O)c2nc(N3C[C@@H]4C(c5cc(C)n(C)n5)[C@@H]4C3)n(C)c(=O)c2c1. The number of hydrogen-bond donors (Lipinski definition) is 2. The zero-order valence-corrected chi connectivity index (χ0v) is 26.3. The van der Waals surface area contributed by atoms with Crippen LogP contribution in [0.2, 0.25) is 5.15 Å². The highest BCUT2D eigenvalue weighted by Crippen LogP contribution is 2.58. The number of rotatable bonds is 7. The molecule has 1 saturated carbocycles. The summed E-state index contributed by atoms with van der Waals surface area (Å²) in [5, 5.41) is 8.48. The van der Waals surface area contributed by atoms with Gasteiger partial charge in [-0.1, -0.05) is 17.7 Å². The van der Waals surface area contributed by atoms with Crippen molar-refractivity contribution in [2.24, 2.45) is 25.9 Å². The van der Waals surface area contributed by atoms with Gasteiger partial charge in [0.05, 0.1) is 34.6 Å². The minimum absolute atomic E-state index is 0.0387. The van der Waals surface area contributed by atoms with Crippen molar-refractivity contribution < 1.29 is 13.2 Å². The van der Waals surface area contributed by atoms with Gasteiger partial charge in [0, 0.05) is 44.4 Å². The van der Waals surface area contributed by atoms with Crippen molar-refractivity contribution in [3.8, 4) is 0 Å². The third-order valence-corrected chi connectivity index (χ3v) is 9.24. The van der Waals surface area contributed by atoms with Crippen molar-refractivity contribution in [3.05, 3.63) is 74.0 Å². The maximum Gasteiger partial charge on any atom is 0.285 e.